The highest BCUT2D eigenvalue weighted by atomic mass is 15.1. The maximum Gasteiger partial charge on any atom is 0.0497 e. The molecule has 6 aromatic carbocycles. The van der Waals surface area contributed by atoms with Gasteiger partial charge in [0.1, 0.15) is 0 Å². The first-order valence-electron chi connectivity index (χ1n) is 17.9. The molecule has 0 saturated heterocycles. The summed E-state index contributed by atoms with van der Waals surface area (Å²) in [5.41, 5.74) is 14.1. The van der Waals surface area contributed by atoms with Gasteiger partial charge in [-0.15, -0.1) is 0 Å². The first-order valence-corrected chi connectivity index (χ1v) is 17.9. The van der Waals surface area contributed by atoms with Crippen LogP contribution in [0.5, 0.6) is 0 Å². The third-order valence-electron chi connectivity index (χ3n) is 12.6. The quantitative estimate of drug-likeness (QED) is 0.188. The Labute approximate surface area is 278 Å². The zero-order chi connectivity index (χ0) is 31.1. The summed E-state index contributed by atoms with van der Waals surface area (Å²) in [6.07, 6.45) is 8.08. The molecule has 11 rings (SSSR count). The van der Waals surface area contributed by atoms with Crippen LogP contribution in [0.15, 0.2) is 133 Å². The molecule has 5 aliphatic carbocycles. The van der Waals surface area contributed by atoms with Crippen molar-refractivity contribution in [2.75, 3.05) is 4.90 Å². The summed E-state index contributed by atoms with van der Waals surface area (Å²) in [6, 6.07) is 50.6. The smallest absolute Gasteiger partial charge is 0.0497 e. The second-order valence-electron chi connectivity index (χ2n) is 14.9. The van der Waals surface area contributed by atoms with Gasteiger partial charge in [0.25, 0.3) is 0 Å². The lowest BCUT2D eigenvalue weighted by molar-refractivity contribution is -0.0399. The van der Waals surface area contributed by atoms with Gasteiger partial charge in [-0.2, -0.15) is 0 Å². The van der Waals surface area contributed by atoms with E-state index in [0.29, 0.717) is 0 Å². The Hall–Kier alpha value is -4.62. The van der Waals surface area contributed by atoms with Gasteiger partial charge in [0.05, 0.1) is 0 Å². The predicted molar refractivity (Wildman–Crippen MR) is 197 cm³/mol. The number of nitrogens with zero attached hydrogens (tertiary/aromatic N) is 1. The van der Waals surface area contributed by atoms with Gasteiger partial charge in [-0.1, -0.05) is 104 Å². The van der Waals surface area contributed by atoms with E-state index < -0.39 is 0 Å². The summed E-state index contributed by atoms with van der Waals surface area (Å²) < 4.78 is 0. The van der Waals surface area contributed by atoms with Crippen LogP contribution in [-0.2, 0) is 11.8 Å². The van der Waals surface area contributed by atoms with Crippen molar-refractivity contribution in [2.45, 2.75) is 50.9 Å². The largest absolute Gasteiger partial charge is 0.310 e. The molecule has 0 atom stereocenters. The Morgan fingerprint density at radius 1 is 0.532 bits per heavy atom. The molecule has 0 radical (unpaired) electrons. The number of aryl methyl sites for hydroxylation is 1. The Bertz CT molecular complexity index is 2110. The molecule has 5 aliphatic rings. The van der Waals surface area contributed by atoms with Crippen molar-refractivity contribution >= 4 is 27.8 Å². The molecule has 6 aromatic rings. The predicted octanol–water partition coefficient (Wildman–Crippen LogP) is 12.3. The van der Waals surface area contributed by atoms with Gasteiger partial charge in [-0.3, -0.25) is 0 Å². The number of benzene rings is 6. The van der Waals surface area contributed by atoms with E-state index in [0.717, 1.165) is 30.1 Å². The second kappa shape index (κ2) is 10.4. The lowest BCUT2D eigenvalue weighted by atomic mass is 9.43. The topological polar surface area (TPSA) is 3.24 Å². The van der Waals surface area contributed by atoms with Crippen molar-refractivity contribution in [3.8, 4) is 22.3 Å². The molecular formula is C46H41N. The summed E-state index contributed by atoms with van der Waals surface area (Å²) in [6.45, 7) is 2.34. The lowest BCUT2D eigenvalue weighted by Gasteiger charge is -2.61. The number of hydrogen-bond donors (Lipinski definition) is 0. The zero-order valence-corrected chi connectivity index (χ0v) is 27.2. The molecule has 1 heteroatoms. The molecule has 4 fully saturated rings. The minimum absolute atomic E-state index is 0.145. The molecule has 47 heavy (non-hydrogen) atoms. The third-order valence-corrected chi connectivity index (χ3v) is 12.6. The van der Waals surface area contributed by atoms with Crippen LogP contribution in [0.2, 0.25) is 0 Å². The fourth-order valence-electron chi connectivity index (χ4n) is 10.9. The van der Waals surface area contributed by atoms with Crippen molar-refractivity contribution in [1.29, 1.82) is 0 Å². The molecule has 0 heterocycles. The molecule has 4 bridgehead atoms. The van der Waals surface area contributed by atoms with Crippen LogP contribution in [-0.4, -0.2) is 0 Å². The lowest BCUT2D eigenvalue weighted by Crippen LogP contribution is -2.55. The first kappa shape index (κ1) is 27.5. The maximum absolute atomic E-state index is 2.68. The molecule has 1 spiro atoms. The van der Waals surface area contributed by atoms with E-state index in [1.165, 1.54) is 87.8 Å². The highest BCUT2D eigenvalue weighted by Gasteiger charge is 2.61. The van der Waals surface area contributed by atoms with Gasteiger partial charge in [0.15, 0.2) is 0 Å². The van der Waals surface area contributed by atoms with Crippen LogP contribution in [0, 0.1) is 23.7 Å². The van der Waals surface area contributed by atoms with Crippen LogP contribution in [0.3, 0.4) is 0 Å². The minimum Gasteiger partial charge on any atom is -0.310 e. The first-order chi connectivity index (χ1) is 23.2. The highest BCUT2D eigenvalue weighted by molar-refractivity contribution is 5.92. The Morgan fingerprint density at radius 2 is 1.17 bits per heavy atom. The number of fused-ring (bicyclic) bond motifs is 4. The van der Waals surface area contributed by atoms with E-state index in [9.17, 15) is 0 Å². The molecule has 0 N–H and O–H groups in total. The summed E-state index contributed by atoms with van der Waals surface area (Å²) in [5.74, 6) is 3.37. The number of hydrogen-bond acceptors (Lipinski definition) is 1. The summed E-state index contributed by atoms with van der Waals surface area (Å²) in [4.78, 5) is 2.56. The van der Waals surface area contributed by atoms with E-state index in [1.807, 2.05) is 0 Å². The normalized spacial score (nSPS) is 24.9. The van der Waals surface area contributed by atoms with Crippen LogP contribution in [0.25, 0.3) is 33.0 Å². The van der Waals surface area contributed by atoms with Crippen LogP contribution < -0.4 is 4.90 Å². The average molecular weight is 608 g/mol. The summed E-state index contributed by atoms with van der Waals surface area (Å²) in [7, 11) is 0. The van der Waals surface area contributed by atoms with Gasteiger partial charge in [-0.05, 0) is 148 Å². The molecular weight excluding hydrogens is 567 g/mol. The molecule has 230 valence electrons. The summed E-state index contributed by atoms with van der Waals surface area (Å²) in [5, 5.41) is 2.56. The fraction of sp³-hybridized carbons (Fsp3) is 0.261. The molecule has 0 aromatic heterocycles. The monoisotopic (exact) mass is 607 g/mol. The fourth-order valence-corrected chi connectivity index (χ4v) is 10.9. The van der Waals surface area contributed by atoms with E-state index in [2.05, 4.69) is 145 Å². The standard InChI is InChI=1S/C46H41N/c1-2-32-28-42-41-14-8-9-15-43(41)46(37-23-30-22-31(25-37)26-38(46)24-30)44(42)29-45(32)47(40-21-18-34-12-6-7-13-36(34)27-40)39-19-16-35(17-20-39)33-10-4-3-5-11-33/h3-21,27-31,37-38H,2,22-26H2,1H3. The molecule has 0 unspecified atom stereocenters. The Balaban J connectivity index is 1.20. The van der Waals surface area contributed by atoms with Gasteiger partial charge in [0, 0.05) is 22.5 Å². The summed E-state index contributed by atoms with van der Waals surface area (Å²) >= 11 is 0. The molecule has 0 aliphatic heterocycles. The van der Waals surface area contributed by atoms with E-state index in [4.69, 9.17) is 0 Å². The van der Waals surface area contributed by atoms with E-state index in [1.54, 1.807) is 11.1 Å². The van der Waals surface area contributed by atoms with Crippen molar-refractivity contribution in [1.82, 2.24) is 0 Å². The van der Waals surface area contributed by atoms with Crippen LogP contribution in [0.1, 0.15) is 55.7 Å². The van der Waals surface area contributed by atoms with Gasteiger partial charge >= 0.3 is 0 Å². The van der Waals surface area contributed by atoms with Gasteiger partial charge in [0.2, 0.25) is 0 Å². The Kier molecular flexibility index (Phi) is 6.11. The van der Waals surface area contributed by atoms with Gasteiger partial charge in [-0.25, -0.2) is 0 Å². The van der Waals surface area contributed by atoms with Gasteiger partial charge < -0.3 is 4.90 Å². The van der Waals surface area contributed by atoms with E-state index >= 15 is 0 Å². The number of rotatable bonds is 5. The van der Waals surface area contributed by atoms with E-state index in [-0.39, 0.29) is 5.41 Å². The van der Waals surface area contributed by atoms with Crippen molar-refractivity contribution < 1.29 is 0 Å². The van der Waals surface area contributed by atoms with Crippen LogP contribution in [0.4, 0.5) is 17.1 Å². The van der Waals surface area contributed by atoms with Crippen LogP contribution >= 0.6 is 0 Å². The average Bonchev–Trinajstić information content (AvgIpc) is 3.40. The zero-order valence-electron chi connectivity index (χ0n) is 27.2. The highest BCUT2D eigenvalue weighted by Crippen LogP contribution is 2.69. The number of anilines is 3. The molecule has 1 nitrogen and oxygen atoms in total. The van der Waals surface area contributed by atoms with Crippen molar-refractivity contribution in [3.05, 3.63) is 150 Å². The molecule has 4 saturated carbocycles. The van der Waals surface area contributed by atoms with Crippen molar-refractivity contribution in [3.63, 3.8) is 0 Å². The molecule has 0 amide bonds. The Morgan fingerprint density at radius 3 is 1.91 bits per heavy atom. The minimum atomic E-state index is 0.145. The maximum atomic E-state index is 2.68. The van der Waals surface area contributed by atoms with Crippen molar-refractivity contribution in [2.24, 2.45) is 23.7 Å². The second-order valence-corrected chi connectivity index (χ2v) is 14.9. The SMILES string of the molecule is CCc1cc2c(cc1N(c1ccc(-c3ccccc3)cc1)c1ccc3ccccc3c1)C1(c3ccccc3-2)C2CC3CC(C2)CC1C3. The third kappa shape index (κ3) is 4.02.